The van der Waals surface area contributed by atoms with E-state index in [9.17, 15) is 9.59 Å². The number of nitrogens with one attached hydrogen (secondary N) is 1. The molecule has 0 saturated carbocycles. The minimum absolute atomic E-state index is 0.0313. The molecule has 2 atom stereocenters. The van der Waals surface area contributed by atoms with Crippen LogP contribution in [0, 0.1) is 12.8 Å². The molecule has 0 spiro atoms. The summed E-state index contributed by atoms with van der Waals surface area (Å²) in [5.41, 5.74) is 3.58. The van der Waals surface area contributed by atoms with E-state index in [0.717, 1.165) is 29.8 Å². The zero-order valence-electron chi connectivity index (χ0n) is 18.8. The minimum Gasteiger partial charge on any atom is -0.497 e. The maximum Gasteiger partial charge on any atom is 0.235 e. The second kappa shape index (κ2) is 8.94. The van der Waals surface area contributed by atoms with Crippen LogP contribution in [0.5, 0.6) is 11.5 Å². The van der Waals surface area contributed by atoms with Crippen molar-refractivity contribution < 1.29 is 19.1 Å². The predicted molar refractivity (Wildman–Crippen MR) is 122 cm³/mol. The molecule has 2 aliphatic rings. The Morgan fingerprint density at radius 1 is 1.09 bits per heavy atom. The molecule has 32 heavy (non-hydrogen) atoms. The molecule has 7 nitrogen and oxygen atoms in total. The molecule has 0 radical (unpaired) electrons. The van der Waals surface area contributed by atoms with Gasteiger partial charge in [-0.1, -0.05) is 6.07 Å². The number of anilines is 1. The Morgan fingerprint density at radius 2 is 1.91 bits per heavy atom. The van der Waals surface area contributed by atoms with Gasteiger partial charge in [-0.25, -0.2) is 4.98 Å². The van der Waals surface area contributed by atoms with Crippen LogP contribution < -0.4 is 14.8 Å². The van der Waals surface area contributed by atoms with E-state index in [1.54, 1.807) is 32.4 Å². The molecule has 2 heterocycles. The number of carbonyl (C=O) groups excluding carboxylic acids is 2. The maximum absolute atomic E-state index is 13.6. The van der Waals surface area contributed by atoms with Gasteiger partial charge in [-0.05, 0) is 57.0 Å². The van der Waals surface area contributed by atoms with Crippen molar-refractivity contribution in [3.8, 4) is 11.5 Å². The number of carbonyl (C=O) groups is 2. The van der Waals surface area contributed by atoms with Gasteiger partial charge in [-0.2, -0.15) is 0 Å². The van der Waals surface area contributed by atoms with Crippen LogP contribution in [0.1, 0.15) is 43.4 Å². The molecule has 0 fully saturated rings. The number of benzene rings is 1. The van der Waals surface area contributed by atoms with E-state index in [2.05, 4.69) is 10.3 Å². The zero-order chi connectivity index (χ0) is 22.8. The number of allylic oxidation sites excluding steroid dienone is 2. The van der Waals surface area contributed by atoms with Gasteiger partial charge in [0.15, 0.2) is 5.78 Å². The summed E-state index contributed by atoms with van der Waals surface area (Å²) in [5.74, 6) is 0.263. The number of rotatable bonds is 5. The van der Waals surface area contributed by atoms with Crippen LogP contribution in [0.3, 0.4) is 0 Å². The van der Waals surface area contributed by atoms with Gasteiger partial charge >= 0.3 is 0 Å². The first-order valence-electron chi connectivity index (χ1n) is 10.7. The number of aromatic nitrogens is 1. The van der Waals surface area contributed by atoms with Crippen LogP contribution in [0.2, 0.25) is 0 Å². The molecule has 1 aliphatic carbocycles. The van der Waals surface area contributed by atoms with Crippen molar-refractivity contribution >= 4 is 23.2 Å². The van der Waals surface area contributed by atoms with Crippen LogP contribution in [0.4, 0.5) is 5.82 Å². The summed E-state index contributed by atoms with van der Waals surface area (Å²) in [4.78, 5) is 35.8. The first kappa shape index (κ1) is 21.7. The number of amides is 1. The standard InChI is InChI=1S/C25H27N3O4/c1-14-7-5-10-21(26-14)28-25(30)22-15(2)27-18-8-6-9-19(29)24(18)23(22)17-13-16(31-3)11-12-20(17)32-4/h5,7,10-13,22-23H,6,8-9H2,1-4H3,(H,26,28,30)/t22?,23-/m0/s1. The third-order valence-corrected chi connectivity index (χ3v) is 6.03. The average molecular weight is 434 g/mol. The number of ether oxygens (including phenoxy) is 2. The van der Waals surface area contributed by atoms with Crippen LogP contribution in [0.15, 0.2) is 52.7 Å². The predicted octanol–water partition coefficient (Wildman–Crippen LogP) is 4.23. The number of methoxy groups -OCH3 is 2. The van der Waals surface area contributed by atoms with Crippen molar-refractivity contribution in [2.24, 2.45) is 10.9 Å². The van der Waals surface area contributed by atoms with E-state index in [1.165, 1.54) is 0 Å². The molecule has 2 aromatic rings. The van der Waals surface area contributed by atoms with Crippen molar-refractivity contribution in [1.29, 1.82) is 0 Å². The Morgan fingerprint density at radius 3 is 2.62 bits per heavy atom. The van der Waals surface area contributed by atoms with Gasteiger partial charge in [0, 0.05) is 40.6 Å². The summed E-state index contributed by atoms with van der Waals surface area (Å²) in [6.45, 7) is 3.71. The van der Waals surface area contributed by atoms with Crippen molar-refractivity contribution in [3.05, 3.63) is 58.9 Å². The smallest absolute Gasteiger partial charge is 0.235 e. The molecule has 7 heteroatoms. The molecule has 166 valence electrons. The largest absolute Gasteiger partial charge is 0.497 e. The van der Waals surface area contributed by atoms with Crippen LogP contribution in [-0.4, -0.2) is 36.6 Å². The van der Waals surface area contributed by atoms with Crippen LogP contribution >= 0.6 is 0 Å². The molecule has 4 rings (SSSR count). The van der Waals surface area contributed by atoms with Gasteiger partial charge in [-0.15, -0.1) is 0 Å². The number of hydrogen-bond donors (Lipinski definition) is 1. The Bertz CT molecular complexity index is 1140. The minimum atomic E-state index is -0.681. The van der Waals surface area contributed by atoms with Gasteiger partial charge < -0.3 is 14.8 Å². The van der Waals surface area contributed by atoms with E-state index in [4.69, 9.17) is 14.5 Å². The fraction of sp³-hybridized carbons (Fsp3) is 0.360. The summed E-state index contributed by atoms with van der Waals surface area (Å²) in [6, 6.07) is 10.9. The van der Waals surface area contributed by atoms with Gasteiger partial charge in [0.1, 0.15) is 17.3 Å². The highest BCUT2D eigenvalue weighted by Gasteiger charge is 2.43. The summed E-state index contributed by atoms with van der Waals surface area (Å²) in [6.07, 6.45) is 1.93. The van der Waals surface area contributed by atoms with E-state index in [-0.39, 0.29) is 11.7 Å². The van der Waals surface area contributed by atoms with Crippen LogP contribution in [-0.2, 0) is 9.59 Å². The third-order valence-electron chi connectivity index (χ3n) is 6.03. The summed E-state index contributed by atoms with van der Waals surface area (Å²) < 4.78 is 11.1. The highest BCUT2D eigenvalue weighted by atomic mass is 16.5. The second-order valence-electron chi connectivity index (χ2n) is 8.11. The Balaban J connectivity index is 1.85. The Hall–Kier alpha value is -3.48. The number of aryl methyl sites for hydroxylation is 1. The third kappa shape index (κ3) is 4.02. The second-order valence-corrected chi connectivity index (χ2v) is 8.11. The fourth-order valence-corrected chi connectivity index (χ4v) is 4.58. The molecule has 1 unspecified atom stereocenters. The van der Waals surface area contributed by atoms with Crippen molar-refractivity contribution in [2.45, 2.75) is 39.0 Å². The molecule has 1 aliphatic heterocycles. The lowest BCUT2D eigenvalue weighted by Crippen LogP contribution is -2.39. The van der Waals surface area contributed by atoms with Gasteiger partial charge in [-0.3, -0.25) is 14.6 Å². The zero-order valence-corrected chi connectivity index (χ0v) is 18.8. The molecular weight excluding hydrogens is 406 g/mol. The normalized spacial score (nSPS) is 20.4. The molecule has 0 saturated heterocycles. The molecular formula is C25H27N3O4. The van der Waals surface area contributed by atoms with E-state index in [1.807, 2.05) is 32.0 Å². The van der Waals surface area contributed by atoms with Gasteiger partial charge in [0.05, 0.1) is 20.1 Å². The van der Waals surface area contributed by atoms with E-state index in [0.29, 0.717) is 35.0 Å². The average Bonchev–Trinajstić information content (AvgIpc) is 2.77. The lowest BCUT2D eigenvalue weighted by molar-refractivity contribution is -0.119. The molecule has 1 N–H and O–H groups in total. The quantitative estimate of drug-likeness (QED) is 0.762. The molecule has 1 aromatic carbocycles. The molecule has 1 aromatic heterocycles. The lowest BCUT2D eigenvalue weighted by atomic mass is 9.71. The number of hydrogen-bond acceptors (Lipinski definition) is 6. The summed E-state index contributed by atoms with van der Waals surface area (Å²) >= 11 is 0. The fourth-order valence-electron chi connectivity index (χ4n) is 4.58. The van der Waals surface area contributed by atoms with E-state index >= 15 is 0 Å². The van der Waals surface area contributed by atoms with Crippen LogP contribution in [0.25, 0.3) is 0 Å². The number of aliphatic imine (C=N–C) groups is 1. The topological polar surface area (TPSA) is 89.9 Å². The van der Waals surface area contributed by atoms with Gasteiger partial charge in [0.25, 0.3) is 0 Å². The number of ketones is 1. The Labute approximate surface area is 187 Å². The number of nitrogens with zero attached hydrogens (tertiary/aromatic N) is 2. The summed E-state index contributed by atoms with van der Waals surface area (Å²) in [5, 5.41) is 2.92. The Kier molecular flexibility index (Phi) is 6.08. The highest BCUT2D eigenvalue weighted by molar-refractivity contribution is 6.13. The monoisotopic (exact) mass is 433 g/mol. The van der Waals surface area contributed by atoms with Crippen molar-refractivity contribution in [1.82, 2.24) is 4.98 Å². The lowest BCUT2D eigenvalue weighted by Gasteiger charge is -2.35. The summed E-state index contributed by atoms with van der Waals surface area (Å²) in [7, 11) is 3.17. The van der Waals surface area contributed by atoms with Crippen molar-refractivity contribution in [2.75, 3.05) is 19.5 Å². The van der Waals surface area contributed by atoms with Gasteiger partial charge in [0.2, 0.25) is 5.91 Å². The first-order valence-corrected chi connectivity index (χ1v) is 10.7. The molecule has 0 bridgehead atoms. The van der Waals surface area contributed by atoms with Crippen molar-refractivity contribution in [3.63, 3.8) is 0 Å². The number of Topliss-reactive ketones (excluding diaryl/α,β-unsaturated/α-hetero) is 1. The first-order chi connectivity index (χ1) is 15.4. The molecule has 1 amide bonds. The number of pyridine rings is 1. The van der Waals surface area contributed by atoms with E-state index < -0.39 is 11.8 Å². The highest BCUT2D eigenvalue weighted by Crippen LogP contribution is 2.46. The SMILES string of the molecule is COc1ccc(OC)c([C@@H]2C3=C(CCCC3=O)N=C(C)C2C(=O)Nc2cccc(C)n2)c1. The maximum atomic E-state index is 13.6.